The number of carbonyl (C=O) groups excluding carboxylic acids is 2. The van der Waals surface area contributed by atoms with Crippen LogP contribution in [0.3, 0.4) is 0 Å². The molecule has 8 nitrogen and oxygen atoms in total. The third-order valence-electron chi connectivity index (χ3n) is 4.54. The zero-order chi connectivity index (χ0) is 20.6. The van der Waals surface area contributed by atoms with E-state index in [1.165, 1.54) is 16.7 Å². The zero-order valence-corrected chi connectivity index (χ0v) is 17.3. The molecule has 3 heterocycles. The lowest BCUT2D eigenvalue weighted by Gasteiger charge is -2.27. The van der Waals surface area contributed by atoms with E-state index >= 15 is 0 Å². The summed E-state index contributed by atoms with van der Waals surface area (Å²) in [6, 6.07) is 9.13. The molecule has 1 aliphatic heterocycles. The quantitative estimate of drug-likeness (QED) is 0.641. The zero-order valence-electron chi connectivity index (χ0n) is 16.5. The number of amides is 2. The number of anilines is 1. The minimum Gasteiger partial charge on any atom is -0.444 e. The number of aromatic nitrogens is 2. The Morgan fingerprint density at radius 3 is 2.86 bits per heavy atom. The van der Waals surface area contributed by atoms with Crippen LogP contribution in [0.4, 0.5) is 10.5 Å². The van der Waals surface area contributed by atoms with Gasteiger partial charge in [-0.15, -0.1) is 11.8 Å². The van der Waals surface area contributed by atoms with Gasteiger partial charge in [0.15, 0.2) is 0 Å². The Labute approximate surface area is 172 Å². The molecule has 0 aliphatic carbocycles. The molecular formula is C20H23N5O3S. The number of nitrogens with one attached hydrogen (secondary N) is 2. The van der Waals surface area contributed by atoms with Crippen LogP contribution in [0, 0.1) is 0 Å². The monoisotopic (exact) mass is 413 g/mol. The Morgan fingerprint density at radius 1 is 1.24 bits per heavy atom. The van der Waals surface area contributed by atoms with Crippen molar-refractivity contribution in [1.29, 1.82) is 0 Å². The van der Waals surface area contributed by atoms with Crippen LogP contribution in [0.5, 0.6) is 0 Å². The molecule has 0 bridgehead atoms. The molecule has 1 unspecified atom stereocenters. The normalized spacial score (nSPS) is 16.9. The number of carbonyl (C=O) groups is 2. The highest BCUT2D eigenvalue weighted by Gasteiger charge is 2.37. The number of fused-ring (bicyclic) bond motifs is 3. The molecule has 0 spiro atoms. The lowest BCUT2D eigenvalue weighted by atomic mass is 10.2. The number of ether oxygens (including phenoxy) is 1. The second-order valence-electron chi connectivity index (χ2n) is 7.83. The van der Waals surface area contributed by atoms with Gasteiger partial charge in [-0.05, 0) is 39.0 Å². The van der Waals surface area contributed by atoms with Crippen molar-refractivity contribution in [3.63, 3.8) is 0 Å². The average molecular weight is 414 g/mol. The highest BCUT2D eigenvalue weighted by Crippen LogP contribution is 2.26. The molecule has 0 radical (unpaired) electrons. The highest BCUT2D eigenvalue weighted by atomic mass is 32.2. The third-order valence-corrected chi connectivity index (χ3v) is 5.55. The Balaban J connectivity index is 1.49. The van der Waals surface area contributed by atoms with Crippen molar-refractivity contribution < 1.29 is 14.3 Å². The minimum absolute atomic E-state index is 0.290. The van der Waals surface area contributed by atoms with Gasteiger partial charge in [-0.2, -0.15) is 0 Å². The first-order valence-corrected chi connectivity index (χ1v) is 10.5. The fourth-order valence-corrected chi connectivity index (χ4v) is 4.35. The maximum Gasteiger partial charge on any atom is 0.411 e. The van der Waals surface area contributed by atoms with Gasteiger partial charge in [0.05, 0.1) is 28.9 Å². The largest absolute Gasteiger partial charge is 0.444 e. The molecule has 152 valence electrons. The maximum atomic E-state index is 12.7. The minimum atomic E-state index is -0.609. The Morgan fingerprint density at radius 2 is 2.07 bits per heavy atom. The Hall–Kier alpha value is -2.94. The van der Waals surface area contributed by atoms with Gasteiger partial charge in [0, 0.05) is 17.3 Å². The number of hydrazine groups is 1. The van der Waals surface area contributed by atoms with Crippen molar-refractivity contribution >= 4 is 45.9 Å². The summed E-state index contributed by atoms with van der Waals surface area (Å²) in [4.78, 5) is 31.1. The van der Waals surface area contributed by atoms with Gasteiger partial charge in [0.1, 0.15) is 11.6 Å². The predicted molar refractivity (Wildman–Crippen MR) is 114 cm³/mol. The summed E-state index contributed by atoms with van der Waals surface area (Å²) < 4.78 is 7.36. The van der Waals surface area contributed by atoms with Gasteiger partial charge < -0.3 is 9.14 Å². The molecule has 3 aromatic rings. The predicted octanol–water partition coefficient (Wildman–Crippen LogP) is 3.24. The van der Waals surface area contributed by atoms with Gasteiger partial charge in [-0.1, -0.05) is 12.1 Å². The van der Waals surface area contributed by atoms with Crippen LogP contribution >= 0.6 is 11.8 Å². The molecule has 1 aromatic carbocycles. The second-order valence-corrected chi connectivity index (χ2v) is 8.83. The van der Waals surface area contributed by atoms with E-state index in [4.69, 9.17) is 4.74 Å². The second kappa shape index (κ2) is 7.47. The number of hydrogen-bond acceptors (Lipinski definition) is 6. The molecule has 1 atom stereocenters. The van der Waals surface area contributed by atoms with Gasteiger partial charge in [0.25, 0.3) is 5.91 Å². The fraction of sp³-hybridized carbons (Fsp3) is 0.350. The van der Waals surface area contributed by atoms with Crippen LogP contribution in [-0.2, 0) is 9.53 Å². The smallest absolute Gasteiger partial charge is 0.411 e. The Kier molecular flexibility index (Phi) is 4.99. The SMILES string of the molecule is CC(C)(C)OC(=O)N1CSCC1C(=O)NNc1cccc2c1ncn1cccc21. The summed E-state index contributed by atoms with van der Waals surface area (Å²) in [5.74, 6) is 0.655. The van der Waals surface area contributed by atoms with Gasteiger partial charge >= 0.3 is 6.09 Å². The van der Waals surface area contributed by atoms with Crippen molar-refractivity contribution in [2.45, 2.75) is 32.4 Å². The summed E-state index contributed by atoms with van der Waals surface area (Å²) in [6.45, 7) is 5.42. The van der Waals surface area contributed by atoms with Crippen molar-refractivity contribution in [2.24, 2.45) is 0 Å². The average Bonchev–Trinajstić information content (AvgIpc) is 3.33. The van der Waals surface area contributed by atoms with Crippen LogP contribution in [0.25, 0.3) is 16.4 Å². The van der Waals surface area contributed by atoms with E-state index in [1.807, 2.05) is 40.9 Å². The van der Waals surface area contributed by atoms with Gasteiger partial charge in [-0.25, -0.2) is 9.78 Å². The van der Waals surface area contributed by atoms with Crippen molar-refractivity contribution in [3.05, 3.63) is 42.9 Å². The van der Waals surface area contributed by atoms with E-state index in [9.17, 15) is 9.59 Å². The summed E-state index contributed by atoms with van der Waals surface area (Å²) in [5, 5.41) is 0.976. The molecule has 1 aliphatic rings. The first-order chi connectivity index (χ1) is 13.8. The van der Waals surface area contributed by atoms with E-state index in [1.54, 1.807) is 27.1 Å². The number of benzene rings is 1. The van der Waals surface area contributed by atoms with Gasteiger partial charge in [0.2, 0.25) is 0 Å². The van der Waals surface area contributed by atoms with Crippen LogP contribution in [0.15, 0.2) is 42.9 Å². The molecule has 1 fully saturated rings. The van der Waals surface area contributed by atoms with E-state index in [2.05, 4.69) is 15.8 Å². The molecule has 2 N–H and O–H groups in total. The molecule has 2 aromatic heterocycles. The number of thioether (sulfide) groups is 1. The summed E-state index contributed by atoms with van der Waals surface area (Å²) >= 11 is 1.52. The summed E-state index contributed by atoms with van der Waals surface area (Å²) in [5.41, 5.74) is 7.56. The van der Waals surface area contributed by atoms with Gasteiger partial charge in [-0.3, -0.25) is 20.5 Å². The van der Waals surface area contributed by atoms with E-state index in [0.717, 1.165) is 16.4 Å². The first-order valence-electron chi connectivity index (χ1n) is 9.31. The van der Waals surface area contributed by atoms with Crippen LogP contribution < -0.4 is 10.9 Å². The van der Waals surface area contributed by atoms with Crippen LogP contribution in [-0.4, -0.2) is 49.6 Å². The van der Waals surface area contributed by atoms with Crippen molar-refractivity contribution in [2.75, 3.05) is 17.1 Å². The Bertz CT molecular complexity index is 1070. The number of para-hydroxylation sites is 1. The molecular weight excluding hydrogens is 390 g/mol. The topological polar surface area (TPSA) is 88.0 Å². The molecule has 2 amide bonds. The molecule has 29 heavy (non-hydrogen) atoms. The molecule has 4 rings (SSSR count). The van der Waals surface area contributed by atoms with E-state index in [-0.39, 0.29) is 5.91 Å². The van der Waals surface area contributed by atoms with Crippen LogP contribution in [0.2, 0.25) is 0 Å². The van der Waals surface area contributed by atoms with E-state index < -0.39 is 17.7 Å². The standard InChI is InChI=1S/C20H23N5O3S/c1-20(2,3)28-19(27)25-12-29-10-16(25)18(26)23-22-14-7-4-6-13-15-8-5-9-24(15)11-21-17(13)14/h4-9,11,16,22H,10,12H2,1-3H3,(H,23,26). The van der Waals surface area contributed by atoms with Crippen LogP contribution in [0.1, 0.15) is 20.8 Å². The molecule has 9 heteroatoms. The molecule has 0 saturated carbocycles. The van der Waals surface area contributed by atoms with Crippen molar-refractivity contribution in [3.8, 4) is 0 Å². The number of rotatable bonds is 3. The van der Waals surface area contributed by atoms with Crippen molar-refractivity contribution in [1.82, 2.24) is 19.7 Å². The number of nitrogens with zero attached hydrogens (tertiary/aromatic N) is 3. The maximum absolute atomic E-state index is 12.7. The first kappa shape index (κ1) is 19.4. The van der Waals surface area contributed by atoms with E-state index in [0.29, 0.717) is 17.3 Å². The highest BCUT2D eigenvalue weighted by molar-refractivity contribution is 7.99. The lowest BCUT2D eigenvalue weighted by Crippen LogP contribution is -2.49. The number of hydrogen-bond donors (Lipinski definition) is 2. The lowest BCUT2D eigenvalue weighted by molar-refractivity contribution is -0.124. The third kappa shape index (κ3) is 3.95. The molecule has 1 saturated heterocycles. The summed E-state index contributed by atoms with van der Waals surface area (Å²) in [6.07, 6.45) is 3.19. The fourth-order valence-electron chi connectivity index (χ4n) is 3.21. The summed E-state index contributed by atoms with van der Waals surface area (Å²) in [7, 11) is 0.